The van der Waals surface area contributed by atoms with Gasteiger partial charge in [0.05, 0.1) is 26.4 Å². The summed E-state index contributed by atoms with van der Waals surface area (Å²) in [7, 11) is 0. The second-order valence-electron chi connectivity index (χ2n) is 6.34. The van der Waals surface area contributed by atoms with Gasteiger partial charge in [-0.15, -0.1) is 0 Å². The molecule has 0 atom stereocenters. The highest BCUT2D eigenvalue weighted by atomic mass is 16.5. The number of hydrogen-bond donors (Lipinski definition) is 0. The summed E-state index contributed by atoms with van der Waals surface area (Å²) >= 11 is 0. The molecule has 0 aliphatic carbocycles. The van der Waals surface area contributed by atoms with E-state index in [1.54, 1.807) is 9.80 Å². The molecular weight excluding hydrogens is 332 g/mol. The average Bonchev–Trinajstić information content (AvgIpc) is 2.73. The number of carbonyl (C=O) groups excluding carboxylic acids is 2. The molecule has 6 heteroatoms. The highest BCUT2D eigenvalue weighted by Gasteiger charge is 2.22. The Kier molecular flexibility index (Phi) is 5.85. The van der Waals surface area contributed by atoms with Crippen LogP contribution in [0.3, 0.4) is 0 Å². The third kappa shape index (κ3) is 4.03. The Morgan fingerprint density at radius 3 is 1.31 bits per heavy atom. The molecule has 1 aromatic carbocycles. The van der Waals surface area contributed by atoms with Gasteiger partial charge in [-0.3, -0.25) is 9.59 Å². The number of ether oxygens (including phenoxy) is 2. The Morgan fingerprint density at radius 1 is 0.692 bits per heavy atom. The maximum absolute atomic E-state index is 12.5. The summed E-state index contributed by atoms with van der Waals surface area (Å²) in [6.07, 6.45) is 0. The predicted octanol–water partition coefficient (Wildman–Crippen LogP) is 1.43. The third-order valence-corrected chi connectivity index (χ3v) is 4.69. The van der Waals surface area contributed by atoms with Crippen LogP contribution in [0, 0.1) is 0 Å². The molecule has 2 heterocycles. The molecule has 0 saturated carbocycles. The van der Waals surface area contributed by atoms with E-state index in [2.05, 4.69) is 13.2 Å². The van der Waals surface area contributed by atoms with Crippen LogP contribution in [0.25, 0.3) is 11.1 Å². The van der Waals surface area contributed by atoms with Crippen LogP contribution >= 0.6 is 0 Å². The maximum Gasteiger partial charge on any atom is 0.254 e. The van der Waals surface area contributed by atoms with Gasteiger partial charge >= 0.3 is 0 Å². The highest BCUT2D eigenvalue weighted by molar-refractivity contribution is 6.20. The van der Waals surface area contributed by atoms with Crippen molar-refractivity contribution in [3.8, 4) is 0 Å². The summed E-state index contributed by atoms with van der Waals surface area (Å²) in [6, 6.07) is 7.25. The Balaban J connectivity index is 1.65. The van der Waals surface area contributed by atoms with E-state index in [0.29, 0.717) is 63.8 Å². The first-order valence-corrected chi connectivity index (χ1v) is 8.80. The summed E-state index contributed by atoms with van der Waals surface area (Å²) in [5, 5.41) is 0. The molecule has 1 aromatic rings. The smallest absolute Gasteiger partial charge is 0.254 e. The van der Waals surface area contributed by atoms with Gasteiger partial charge in [-0.25, -0.2) is 0 Å². The van der Waals surface area contributed by atoms with Crippen molar-refractivity contribution in [3.05, 3.63) is 48.6 Å². The van der Waals surface area contributed by atoms with Crippen molar-refractivity contribution in [3.63, 3.8) is 0 Å². The number of nitrogens with zero attached hydrogens (tertiary/aromatic N) is 2. The van der Waals surface area contributed by atoms with E-state index in [0.717, 1.165) is 11.1 Å². The first kappa shape index (κ1) is 18.4. The molecule has 0 unspecified atom stereocenters. The van der Waals surface area contributed by atoms with Crippen molar-refractivity contribution in [1.82, 2.24) is 9.80 Å². The summed E-state index contributed by atoms with van der Waals surface area (Å²) < 4.78 is 10.5. The molecule has 0 aromatic heterocycles. The van der Waals surface area contributed by atoms with Gasteiger partial charge in [0, 0.05) is 37.3 Å². The number of rotatable bonds is 4. The van der Waals surface area contributed by atoms with Crippen molar-refractivity contribution < 1.29 is 19.1 Å². The third-order valence-electron chi connectivity index (χ3n) is 4.69. The lowest BCUT2D eigenvalue weighted by molar-refractivity contribution is -0.129. The Morgan fingerprint density at radius 2 is 1.00 bits per heavy atom. The minimum absolute atomic E-state index is 0.0794. The summed E-state index contributed by atoms with van der Waals surface area (Å²) in [5.41, 5.74) is 2.39. The molecule has 0 radical (unpaired) electrons. The van der Waals surface area contributed by atoms with Gasteiger partial charge in [0.25, 0.3) is 11.8 Å². The number of carbonyl (C=O) groups is 2. The van der Waals surface area contributed by atoms with Gasteiger partial charge in [-0.1, -0.05) is 37.4 Å². The summed E-state index contributed by atoms with van der Waals surface area (Å²) in [6.45, 7) is 12.4. The van der Waals surface area contributed by atoms with Gasteiger partial charge in [0.15, 0.2) is 0 Å². The monoisotopic (exact) mass is 356 g/mol. The van der Waals surface area contributed by atoms with Crippen molar-refractivity contribution >= 4 is 23.0 Å². The Hall–Kier alpha value is -2.44. The van der Waals surface area contributed by atoms with E-state index in [9.17, 15) is 9.59 Å². The number of amides is 2. The van der Waals surface area contributed by atoms with Crippen LogP contribution < -0.4 is 0 Å². The van der Waals surface area contributed by atoms with Gasteiger partial charge in [0.1, 0.15) is 0 Å². The second-order valence-corrected chi connectivity index (χ2v) is 6.34. The molecule has 2 fully saturated rings. The van der Waals surface area contributed by atoms with Crippen molar-refractivity contribution in [2.45, 2.75) is 0 Å². The zero-order chi connectivity index (χ0) is 18.5. The van der Waals surface area contributed by atoms with E-state index < -0.39 is 0 Å². The van der Waals surface area contributed by atoms with Crippen LogP contribution in [-0.2, 0) is 19.1 Å². The lowest BCUT2D eigenvalue weighted by atomic mass is 10.0. The number of morpholine rings is 2. The van der Waals surface area contributed by atoms with Crippen LogP contribution in [0.1, 0.15) is 11.1 Å². The van der Waals surface area contributed by atoms with E-state index in [4.69, 9.17) is 9.47 Å². The number of hydrogen-bond acceptors (Lipinski definition) is 4. The van der Waals surface area contributed by atoms with Gasteiger partial charge in [-0.05, 0) is 11.1 Å². The molecule has 2 amide bonds. The molecule has 2 saturated heterocycles. The number of benzene rings is 1. The molecule has 26 heavy (non-hydrogen) atoms. The zero-order valence-corrected chi connectivity index (χ0v) is 14.9. The summed E-state index contributed by atoms with van der Waals surface area (Å²) in [5.74, 6) is -0.159. The SMILES string of the molecule is C=C(C(=O)N1CCOCC1)c1ccc(C(=C)C(=O)N2CCOCC2)cc1. The molecule has 0 spiro atoms. The normalized spacial score (nSPS) is 17.7. The lowest BCUT2D eigenvalue weighted by Crippen LogP contribution is -2.41. The minimum Gasteiger partial charge on any atom is -0.378 e. The highest BCUT2D eigenvalue weighted by Crippen LogP contribution is 2.21. The van der Waals surface area contributed by atoms with E-state index in [1.165, 1.54) is 0 Å². The van der Waals surface area contributed by atoms with Gasteiger partial charge in [-0.2, -0.15) is 0 Å². The molecule has 138 valence electrons. The predicted molar refractivity (Wildman–Crippen MR) is 99.3 cm³/mol. The van der Waals surface area contributed by atoms with Crippen molar-refractivity contribution in [2.24, 2.45) is 0 Å². The fourth-order valence-electron chi connectivity index (χ4n) is 3.03. The quantitative estimate of drug-likeness (QED) is 0.766. The Labute approximate surface area is 153 Å². The van der Waals surface area contributed by atoms with Crippen LogP contribution in [0.15, 0.2) is 37.4 Å². The maximum atomic E-state index is 12.5. The molecule has 2 aliphatic rings. The molecule has 6 nitrogen and oxygen atoms in total. The Bertz CT molecular complexity index is 638. The minimum atomic E-state index is -0.0794. The van der Waals surface area contributed by atoms with E-state index >= 15 is 0 Å². The van der Waals surface area contributed by atoms with Crippen LogP contribution in [-0.4, -0.2) is 74.2 Å². The van der Waals surface area contributed by atoms with Crippen molar-refractivity contribution in [2.75, 3.05) is 52.6 Å². The molecule has 3 rings (SSSR count). The second kappa shape index (κ2) is 8.29. The lowest BCUT2D eigenvalue weighted by Gasteiger charge is -2.28. The fraction of sp³-hybridized carbons (Fsp3) is 0.400. The zero-order valence-electron chi connectivity index (χ0n) is 14.9. The summed E-state index contributed by atoms with van der Waals surface area (Å²) in [4.78, 5) is 28.5. The van der Waals surface area contributed by atoms with Crippen LogP contribution in [0.5, 0.6) is 0 Å². The topological polar surface area (TPSA) is 59.1 Å². The first-order chi connectivity index (χ1) is 12.6. The van der Waals surface area contributed by atoms with Crippen LogP contribution in [0.4, 0.5) is 0 Å². The van der Waals surface area contributed by atoms with Crippen LogP contribution in [0.2, 0.25) is 0 Å². The average molecular weight is 356 g/mol. The standard InChI is InChI=1S/C20H24N2O4/c1-15(19(23)21-7-11-25-12-8-21)17-3-5-18(6-4-17)16(2)20(24)22-9-13-26-14-10-22/h3-6H,1-2,7-14H2. The largest absolute Gasteiger partial charge is 0.378 e. The van der Waals surface area contributed by atoms with Crippen molar-refractivity contribution in [1.29, 1.82) is 0 Å². The first-order valence-electron chi connectivity index (χ1n) is 8.80. The van der Waals surface area contributed by atoms with E-state index in [-0.39, 0.29) is 11.8 Å². The van der Waals surface area contributed by atoms with Gasteiger partial charge in [0.2, 0.25) is 0 Å². The fourth-order valence-corrected chi connectivity index (χ4v) is 3.03. The molecular formula is C20H24N2O4. The van der Waals surface area contributed by atoms with Gasteiger partial charge < -0.3 is 19.3 Å². The molecule has 0 bridgehead atoms. The molecule has 0 N–H and O–H groups in total. The van der Waals surface area contributed by atoms with E-state index in [1.807, 2.05) is 24.3 Å². The molecule has 2 aliphatic heterocycles.